The maximum atomic E-state index is 11.9. The Labute approximate surface area is 113 Å². The Balaban J connectivity index is 0.00000162. The van der Waals surface area contributed by atoms with Gasteiger partial charge >= 0.3 is 0 Å². The van der Waals surface area contributed by atoms with Crippen molar-refractivity contribution in [2.24, 2.45) is 5.92 Å². The first-order chi connectivity index (χ1) is 8.20. The molecule has 1 fully saturated rings. The van der Waals surface area contributed by atoms with Crippen LogP contribution in [0.3, 0.4) is 0 Å². The first-order valence-electron chi connectivity index (χ1n) is 6.04. The van der Waals surface area contributed by atoms with E-state index in [1.165, 1.54) is 0 Å². The third-order valence-electron chi connectivity index (χ3n) is 3.16. The standard InChI is InChI=1S/C13H18N2O2.ClH/c1-2-9-3-4-12(16)11(7-9)15-13(17)10-5-6-14-8-10;/h3-4,7,10,14,16H,2,5-6,8H2,1H3,(H,15,17);1H. The lowest BCUT2D eigenvalue weighted by molar-refractivity contribution is -0.119. The van der Waals surface area contributed by atoms with Gasteiger partial charge in [0.1, 0.15) is 5.75 Å². The van der Waals surface area contributed by atoms with Crippen LogP contribution >= 0.6 is 12.4 Å². The fourth-order valence-corrected chi connectivity index (χ4v) is 2.02. The number of anilines is 1. The van der Waals surface area contributed by atoms with Gasteiger partial charge in [-0.2, -0.15) is 0 Å². The minimum absolute atomic E-state index is 0. The van der Waals surface area contributed by atoms with Crippen molar-refractivity contribution in [2.45, 2.75) is 19.8 Å². The lowest BCUT2D eigenvalue weighted by Crippen LogP contribution is -2.24. The second kappa shape index (κ2) is 6.61. The highest BCUT2D eigenvalue weighted by atomic mass is 35.5. The molecule has 1 heterocycles. The molecule has 1 aromatic rings. The maximum absolute atomic E-state index is 11.9. The van der Waals surface area contributed by atoms with Crippen LogP contribution in [0.5, 0.6) is 5.75 Å². The number of aryl methyl sites for hydroxylation is 1. The molecule has 5 heteroatoms. The number of carbonyl (C=O) groups excluding carboxylic acids is 1. The van der Waals surface area contributed by atoms with E-state index in [0.717, 1.165) is 31.5 Å². The van der Waals surface area contributed by atoms with Gasteiger partial charge in [0.15, 0.2) is 0 Å². The van der Waals surface area contributed by atoms with Gasteiger partial charge < -0.3 is 15.7 Å². The highest BCUT2D eigenvalue weighted by Gasteiger charge is 2.22. The molecule has 1 atom stereocenters. The number of hydrogen-bond donors (Lipinski definition) is 3. The third kappa shape index (κ3) is 3.37. The summed E-state index contributed by atoms with van der Waals surface area (Å²) in [7, 11) is 0. The van der Waals surface area contributed by atoms with Gasteiger partial charge in [-0.15, -0.1) is 12.4 Å². The van der Waals surface area contributed by atoms with Crippen LogP contribution in [0.4, 0.5) is 5.69 Å². The zero-order valence-corrected chi connectivity index (χ0v) is 11.2. The van der Waals surface area contributed by atoms with Crippen molar-refractivity contribution in [3.8, 4) is 5.75 Å². The molecule has 0 spiro atoms. The van der Waals surface area contributed by atoms with E-state index >= 15 is 0 Å². The van der Waals surface area contributed by atoms with Crippen molar-refractivity contribution in [3.05, 3.63) is 23.8 Å². The molecule has 1 aromatic carbocycles. The fourth-order valence-electron chi connectivity index (χ4n) is 2.02. The summed E-state index contributed by atoms with van der Waals surface area (Å²) < 4.78 is 0. The number of aromatic hydroxyl groups is 1. The zero-order chi connectivity index (χ0) is 12.3. The summed E-state index contributed by atoms with van der Waals surface area (Å²) in [6.07, 6.45) is 1.74. The third-order valence-corrected chi connectivity index (χ3v) is 3.16. The van der Waals surface area contributed by atoms with Gasteiger partial charge in [-0.05, 0) is 37.1 Å². The van der Waals surface area contributed by atoms with Crippen molar-refractivity contribution in [1.82, 2.24) is 5.32 Å². The van der Waals surface area contributed by atoms with E-state index in [4.69, 9.17) is 0 Å². The second-order valence-corrected chi connectivity index (χ2v) is 4.38. The Morgan fingerprint density at radius 3 is 2.94 bits per heavy atom. The molecule has 0 saturated carbocycles. The topological polar surface area (TPSA) is 61.4 Å². The molecule has 18 heavy (non-hydrogen) atoms. The molecule has 0 radical (unpaired) electrons. The Morgan fingerprint density at radius 2 is 2.33 bits per heavy atom. The molecule has 3 N–H and O–H groups in total. The summed E-state index contributed by atoms with van der Waals surface area (Å²) in [5.74, 6) is 0.125. The van der Waals surface area contributed by atoms with E-state index in [2.05, 4.69) is 10.6 Å². The number of amides is 1. The molecule has 4 nitrogen and oxygen atoms in total. The van der Waals surface area contributed by atoms with Crippen LogP contribution in [0.1, 0.15) is 18.9 Å². The van der Waals surface area contributed by atoms with Crippen molar-refractivity contribution in [3.63, 3.8) is 0 Å². The van der Waals surface area contributed by atoms with E-state index < -0.39 is 0 Å². The van der Waals surface area contributed by atoms with Crippen LogP contribution in [-0.4, -0.2) is 24.1 Å². The summed E-state index contributed by atoms with van der Waals surface area (Å²) >= 11 is 0. The normalized spacial score (nSPS) is 18.2. The Morgan fingerprint density at radius 1 is 1.56 bits per heavy atom. The first kappa shape index (κ1) is 14.8. The van der Waals surface area contributed by atoms with Gasteiger partial charge in [0, 0.05) is 6.54 Å². The molecule has 0 aromatic heterocycles. The SMILES string of the molecule is CCc1ccc(O)c(NC(=O)C2CCNC2)c1.Cl. The van der Waals surface area contributed by atoms with Gasteiger partial charge in [0.05, 0.1) is 11.6 Å². The van der Waals surface area contributed by atoms with E-state index in [0.29, 0.717) is 5.69 Å². The fraction of sp³-hybridized carbons (Fsp3) is 0.462. The number of carbonyl (C=O) groups is 1. The highest BCUT2D eigenvalue weighted by molar-refractivity contribution is 5.94. The molecule has 1 aliphatic heterocycles. The first-order valence-corrected chi connectivity index (χ1v) is 6.04. The van der Waals surface area contributed by atoms with Crippen LogP contribution in [0.15, 0.2) is 18.2 Å². The van der Waals surface area contributed by atoms with E-state index in [-0.39, 0.29) is 30.0 Å². The minimum Gasteiger partial charge on any atom is -0.506 e. The Hall–Kier alpha value is -1.26. The lowest BCUT2D eigenvalue weighted by atomic mass is 10.1. The average molecular weight is 271 g/mol. The number of phenols is 1. The number of hydrogen-bond acceptors (Lipinski definition) is 3. The number of nitrogens with one attached hydrogen (secondary N) is 2. The van der Waals surface area contributed by atoms with Crippen molar-refractivity contribution in [1.29, 1.82) is 0 Å². The molecule has 1 aliphatic rings. The monoisotopic (exact) mass is 270 g/mol. The number of halogens is 1. The predicted octanol–water partition coefficient (Wildman–Crippen LogP) is 1.92. The zero-order valence-electron chi connectivity index (χ0n) is 10.4. The van der Waals surface area contributed by atoms with Crippen LogP contribution in [-0.2, 0) is 11.2 Å². The smallest absolute Gasteiger partial charge is 0.228 e. The Kier molecular flexibility index (Phi) is 5.44. The lowest BCUT2D eigenvalue weighted by Gasteiger charge is -2.12. The van der Waals surface area contributed by atoms with E-state index in [1.54, 1.807) is 6.07 Å². The summed E-state index contributed by atoms with van der Waals surface area (Å²) in [5.41, 5.74) is 1.61. The van der Waals surface area contributed by atoms with Gasteiger partial charge in [-0.3, -0.25) is 4.79 Å². The predicted molar refractivity (Wildman–Crippen MR) is 74.3 cm³/mol. The van der Waals surface area contributed by atoms with Crippen molar-refractivity contribution >= 4 is 24.0 Å². The summed E-state index contributed by atoms with van der Waals surface area (Å²) in [4.78, 5) is 11.9. The average Bonchev–Trinajstić information content (AvgIpc) is 2.85. The van der Waals surface area contributed by atoms with Crippen LogP contribution in [0, 0.1) is 5.92 Å². The number of benzene rings is 1. The summed E-state index contributed by atoms with van der Waals surface area (Å²) in [6, 6.07) is 5.32. The highest BCUT2D eigenvalue weighted by Crippen LogP contribution is 2.25. The molecule has 1 saturated heterocycles. The van der Waals surface area contributed by atoms with E-state index in [9.17, 15) is 9.90 Å². The van der Waals surface area contributed by atoms with Crippen molar-refractivity contribution in [2.75, 3.05) is 18.4 Å². The Bertz CT molecular complexity index is 417. The van der Waals surface area contributed by atoms with Gasteiger partial charge in [0.25, 0.3) is 0 Å². The van der Waals surface area contributed by atoms with Gasteiger partial charge in [0.2, 0.25) is 5.91 Å². The molecule has 100 valence electrons. The summed E-state index contributed by atoms with van der Waals surface area (Å²) in [6.45, 7) is 3.65. The van der Waals surface area contributed by atoms with Crippen LogP contribution < -0.4 is 10.6 Å². The van der Waals surface area contributed by atoms with E-state index in [1.807, 2.05) is 19.1 Å². The molecule has 2 rings (SSSR count). The second-order valence-electron chi connectivity index (χ2n) is 4.38. The largest absolute Gasteiger partial charge is 0.506 e. The van der Waals surface area contributed by atoms with Gasteiger partial charge in [-0.25, -0.2) is 0 Å². The van der Waals surface area contributed by atoms with Gasteiger partial charge in [-0.1, -0.05) is 13.0 Å². The molecular weight excluding hydrogens is 252 g/mol. The van der Waals surface area contributed by atoms with Crippen LogP contribution in [0.2, 0.25) is 0 Å². The molecule has 1 amide bonds. The van der Waals surface area contributed by atoms with Crippen molar-refractivity contribution < 1.29 is 9.90 Å². The maximum Gasteiger partial charge on any atom is 0.228 e. The number of phenolic OH excluding ortho intramolecular Hbond substituents is 1. The van der Waals surface area contributed by atoms with Crippen LogP contribution in [0.25, 0.3) is 0 Å². The molecular formula is C13H19ClN2O2. The number of rotatable bonds is 3. The minimum atomic E-state index is -0.0152. The summed E-state index contributed by atoms with van der Waals surface area (Å²) in [5, 5.41) is 15.6. The molecule has 0 bridgehead atoms. The quantitative estimate of drug-likeness (QED) is 0.736. The molecule has 0 aliphatic carbocycles. The molecule has 1 unspecified atom stereocenters.